The van der Waals surface area contributed by atoms with E-state index in [4.69, 9.17) is 0 Å². The van der Waals surface area contributed by atoms with E-state index in [9.17, 15) is 4.79 Å². The third-order valence-corrected chi connectivity index (χ3v) is 4.00. The lowest BCUT2D eigenvalue weighted by Gasteiger charge is -2.22. The number of aryl methyl sites for hydroxylation is 2. The molecule has 1 fully saturated rings. The molecule has 0 heterocycles. The number of carbonyl (C=O) groups is 1. The van der Waals surface area contributed by atoms with Crippen molar-refractivity contribution in [2.45, 2.75) is 52.4 Å². The second kappa shape index (κ2) is 7.47. The van der Waals surface area contributed by atoms with Crippen LogP contribution in [-0.4, -0.2) is 23.9 Å². The molecule has 0 aromatic heterocycles. The molecule has 0 spiro atoms. The second-order valence-electron chi connectivity index (χ2n) is 6.12. The third kappa shape index (κ3) is 4.99. The topological polar surface area (TPSA) is 20.3 Å². The van der Waals surface area contributed by atoms with Gasteiger partial charge in [0, 0.05) is 19.5 Å². The Morgan fingerprint density at radius 2 is 1.95 bits per heavy atom. The zero-order valence-electron chi connectivity index (χ0n) is 12.9. The molecular formula is C18H27NO. The van der Waals surface area contributed by atoms with E-state index in [1.807, 2.05) is 0 Å². The summed E-state index contributed by atoms with van der Waals surface area (Å²) in [4.78, 5) is 14.4. The fourth-order valence-corrected chi connectivity index (χ4v) is 2.56. The first kappa shape index (κ1) is 15.1. The molecule has 2 heteroatoms. The summed E-state index contributed by atoms with van der Waals surface area (Å²) in [6, 6.07) is 8.64. The summed E-state index contributed by atoms with van der Waals surface area (Å²) in [6.07, 6.45) is 6.37. The minimum atomic E-state index is 0.353. The molecule has 0 N–H and O–H groups in total. The van der Waals surface area contributed by atoms with Crippen LogP contribution in [0.15, 0.2) is 24.3 Å². The molecule has 1 saturated carbocycles. The minimum Gasteiger partial charge on any atom is -0.342 e. The van der Waals surface area contributed by atoms with E-state index in [2.05, 4.69) is 43.0 Å². The van der Waals surface area contributed by atoms with E-state index in [1.165, 1.54) is 24.0 Å². The Kier molecular flexibility index (Phi) is 5.63. The number of rotatable bonds is 8. The Morgan fingerprint density at radius 1 is 1.25 bits per heavy atom. The Bertz CT molecular complexity index is 420. The van der Waals surface area contributed by atoms with E-state index in [-0.39, 0.29) is 0 Å². The Hall–Kier alpha value is -1.31. The number of benzene rings is 1. The van der Waals surface area contributed by atoms with Gasteiger partial charge < -0.3 is 4.90 Å². The summed E-state index contributed by atoms with van der Waals surface area (Å²) < 4.78 is 0. The first-order valence-corrected chi connectivity index (χ1v) is 8.02. The van der Waals surface area contributed by atoms with Gasteiger partial charge in [-0.05, 0) is 50.5 Å². The normalized spacial score (nSPS) is 14.3. The highest BCUT2D eigenvalue weighted by molar-refractivity contribution is 5.76. The van der Waals surface area contributed by atoms with Gasteiger partial charge in [0.1, 0.15) is 0 Å². The first-order valence-electron chi connectivity index (χ1n) is 8.02. The smallest absolute Gasteiger partial charge is 0.222 e. The van der Waals surface area contributed by atoms with Gasteiger partial charge in [0.2, 0.25) is 5.91 Å². The summed E-state index contributed by atoms with van der Waals surface area (Å²) in [6.45, 7) is 6.18. The molecule has 0 atom stereocenters. The summed E-state index contributed by atoms with van der Waals surface area (Å²) in [5.41, 5.74) is 2.64. The van der Waals surface area contributed by atoms with Crippen LogP contribution < -0.4 is 0 Å². The number of amides is 1. The van der Waals surface area contributed by atoms with Crippen molar-refractivity contribution in [3.05, 3.63) is 35.4 Å². The predicted molar refractivity (Wildman–Crippen MR) is 83.7 cm³/mol. The van der Waals surface area contributed by atoms with Crippen molar-refractivity contribution in [1.82, 2.24) is 4.90 Å². The Balaban J connectivity index is 1.73. The van der Waals surface area contributed by atoms with Gasteiger partial charge in [-0.1, -0.05) is 36.8 Å². The molecule has 1 aromatic rings. The molecule has 1 aliphatic rings. The molecule has 20 heavy (non-hydrogen) atoms. The maximum Gasteiger partial charge on any atom is 0.222 e. The van der Waals surface area contributed by atoms with Crippen LogP contribution in [0.25, 0.3) is 0 Å². The van der Waals surface area contributed by atoms with E-state index >= 15 is 0 Å². The quantitative estimate of drug-likeness (QED) is 0.702. The fraction of sp³-hybridized carbons (Fsp3) is 0.611. The van der Waals surface area contributed by atoms with Gasteiger partial charge in [0.05, 0.1) is 0 Å². The Morgan fingerprint density at radius 3 is 2.55 bits per heavy atom. The number of nitrogens with zero attached hydrogens (tertiary/aromatic N) is 1. The van der Waals surface area contributed by atoms with Crippen LogP contribution in [0.4, 0.5) is 0 Å². The van der Waals surface area contributed by atoms with Gasteiger partial charge in [-0.25, -0.2) is 0 Å². The van der Waals surface area contributed by atoms with Crippen molar-refractivity contribution in [3.63, 3.8) is 0 Å². The molecule has 110 valence electrons. The lowest BCUT2D eigenvalue weighted by molar-refractivity contribution is -0.131. The maximum atomic E-state index is 12.3. The SMILES string of the molecule is CCCN(CC1CC1)C(=O)CCCc1ccc(C)cc1. The van der Waals surface area contributed by atoms with Crippen molar-refractivity contribution >= 4 is 5.91 Å². The molecule has 2 nitrogen and oxygen atoms in total. The van der Waals surface area contributed by atoms with Crippen LogP contribution in [0.5, 0.6) is 0 Å². The summed E-state index contributed by atoms with van der Waals surface area (Å²) in [5, 5.41) is 0. The first-order chi connectivity index (χ1) is 9.69. The molecule has 1 aliphatic carbocycles. The second-order valence-corrected chi connectivity index (χ2v) is 6.12. The molecule has 1 amide bonds. The van der Waals surface area contributed by atoms with Gasteiger partial charge in [-0.2, -0.15) is 0 Å². The predicted octanol–water partition coefficient (Wildman–Crippen LogP) is 3.97. The molecular weight excluding hydrogens is 246 g/mol. The number of hydrogen-bond donors (Lipinski definition) is 0. The van der Waals surface area contributed by atoms with E-state index in [0.717, 1.165) is 38.3 Å². The number of hydrogen-bond acceptors (Lipinski definition) is 1. The van der Waals surface area contributed by atoms with Crippen LogP contribution in [0.2, 0.25) is 0 Å². The van der Waals surface area contributed by atoms with Crippen LogP contribution in [-0.2, 0) is 11.2 Å². The standard InChI is InChI=1S/C18H27NO/c1-3-13-19(14-17-11-12-17)18(20)6-4-5-16-9-7-15(2)8-10-16/h7-10,17H,3-6,11-14H2,1-2H3. The number of carbonyl (C=O) groups excluding carboxylic acids is 1. The average Bonchev–Trinajstić information content (AvgIpc) is 3.24. The van der Waals surface area contributed by atoms with E-state index in [0.29, 0.717) is 12.3 Å². The van der Waals surface area contributed by atoms with Gasteiger partial charge in [0.15, 0.2) is 0 Å². The largest absolute Gasteiger partial charge is 0.342 e. The fourth-order valence-electron chi connectivity index (χ4n) is 2.56. The van der Waals surface area contributed by atoms with Crippen molar-refractivity contribution in [3.8, 4) is 0 Å². The molecule has 2 rings (SSSR count). The van der Waals surface area contributed by atoms with Crippen LogP contribution in [0, 0.1) is 12.8 Å². The van der Waals surface area contributed by atoms with Crippen molar-refractivity contribution in [1.29, 1.82) is 0 Å². The van der Waals surface area contributed by atoms with Gasteiger partial charge in [0.25, 0.3) is 0 Å². The lowest BCUT2D eigenvalue weighted by atomic mass is 10.1. The van der Waals surface area contributed by atoms with E-state index < -0.39 is 0 Å². The van der Waals surface area contributed by atoms with Crippen molar-refractivity contribution < 1.29 is 4.79 Å². The monoisotopic (exact) mass is 273 g/mol. The van der Waals surface area contributed by atoms with Gasteiger partial charge in [-0.15, -0.1) is 0 Å². The highest BCUT2D eigenvalue weighted by Crippen LogP contribution is 2.30. The molecule has 0 saturated heterocycles. The highest BCUT2D eigenvalue weighted by atomic mass is 16.2. The minimum absolute atomic E-state index is 0.353. The summed E-state index contributed by atoms with van der Waals surface area (Å²) >= 11 is 0. The molecule has 1 aromatic carbocycles. The molecule has 0 aliphatic heterocycles. The summed E-state index contributed by atoms with van der Waals surface area (Å²) in [5.74, 6) is 1.15. The maximum absolute atomic E-state index is 12.3. The molecule has 0 radical (unpaired) electrons. The van der Waals surface area contributed by atoms with E-state index in [1.54, 1.807) is 0 Å². The Labute approximate surface area is 123 Å². The molecule has 0 unspecified atom stereocenters. The van der Waals surface area contributed by atoms with Crippen LogP contribution in [0.3, 0.4) is 0 Å². The zero-order valence-corrected chi connectivity index (χ0v) is 12.9. The van der Waals surface area contributed by atoms with Crippen LogP contribution in [0.1, 0.15) is 50.2 Å². The molecule has 0 bridgehead atoms. The third-order valence-electron chi connectivity index (χ3n) is 4.00. The zero-order chi connectivity index (χ0) is 14.4. The average molecular weight is 273 g/mol. The van der Waals surface area contributed by atoms with Gasteiger partial charge >= 0.3 is 0 Å². The van der Waals surface area contributed by atoms with Gasteiger partial charge in [-0.3, -0.25) is 4.79 Å². The van der Waals surface area contributed by atoms with Crippen LogP contribution >= 0.6 is 0 Å². The van der Waals surface area contributed by atoms with Crippen molar-refractivity contribution in [2.75, 3.05) is 13.1 Å². The lowest BCUT2D eigenvalue weighted by Crippen LogP contribution is -2.33. The summed E-state index contributed by atoms with van der Waals surface area (Å²) in [7, 11) is 0. The van der Waals surface area contributed by atoms with Crippen molar-refractivity contribution in [2.24, 2.45) is 5.92 Å². The highest BCUT2D eigenvalue weighted by Gasteiger charge is 2.25.